The Balaban J connectivity index is 1.10. The van der Waals surface area contributed by atoms with E-state index in [-0.39, 0.29) is 5.41 Å². The van der Waals surface area contributed by atoms with Crippen molar-refractivity contribution in [1.29, 1.82) is 0 Å². The van der Waals surface area contributed by atoms with Crippen molar-refractivity contribution in [3.8, 4) is 55.6 Å². The fourth-order valence-electron chi connectivity index (χ4n) is 8.84. The molecule has 1 aliphatic carbocycles. The Morgan fingerprint density at radius 1 is 0.314 bits per heavy atom. The molecule has 0 unspecified atom stereocenters. The molecule has 9 aromatic carbocycles. The van der Waals surface area contributed by atoms with Crippen LogP contribution in [0.4, 0.5) is 0 Å². The quantitative estimate of drug-likeness (QED) is 0.167. The van der Waals surface area contributed by atoms with E-state index >= 15 is 0 Å². The van der Waals surface area contributed by atoms with Crippen LogP contribution in [0.3, 0.4) is 0 Å². The monoisotopic (exact) mass is 648 g/mol. The fourth-order valence-corrected chi connectivity index (χ4v) is 8.84. The summed E-state index contributed by atoms with van der Waals surface area (Å²) in [4.78, 5) is 0. The number of hydrogen-bond donors (Lipinski definition) is 0. The zero-order valence-corrected chi connectivity index (χ0v) is 28.8. The van der Waals surface area contributed by atoms with Crippen molar-refractivity contribution in [2.45, 2.75) is 19.3 Å². The van der Waals surface area contributed by atoms with Crippen molar-refractivity contribution < 1.29 is 0 Å². The van der Waals surface area contributed by atoms with Crippen LogP contribution in [0.2, 0.25) is 0 Å². The lowest BCUT2D eigenvalue weighted by Crippen LogP contribution is -2.15. The van der Waals surface area contributed by atoms with Crippen LogP contribution in [0.1, 0.15) is 25.0 Å². The van der Waals surface area contributed by atoms with Gasteiger partial charge in [0.05, 0.1) is 0 Å². The van der Waals surface area contributed by atoms with Crippen LogP contribution >= 0.6 is 0 Å². The maximum atomic E-state index is 2.41. The van der Waals surface area contributed by atoms with Gasteiger partial charge in [-0.15, -0.1) is 0 Å². The van der Waals surface area contributed by atoms with E-state index in [1.807, 2.05) is 0 Å². The number of hydrogen-bond acceptors (Lipinski definition) is 0. The molecule has 0 heteroatoms. The first-order chi connectivity index (χ1) is 25.1. The zero-order chi connectivity index (χ0) is 34.1. The molecule has 0 saturated heterocycles. The topological polar surface area (TPSA) is 0 Å². The molecule has 0 spiro atoms. The number of fused-ring (bicyclic) bond motifs is 7. The Labute approximate surface area is 299 Å². The van der Waals surface area contributed by atoms with E-state index in [2.05, 4.69) is 196 Å². The van der Waals surface area contributed by atoms with Gasteiger partial charge in [-0.1, -0.05) is 184 Å². The van der Waals surface area contributed by atoms with Gasteiger partial charge in [-0.2, -0.15) is 0 Å². The molecule has 0 nitrogen and oxygen atoms in total. The van der Waals surface area contributed by atoms with E-state index in [4.69, 9.17) is 0 Å². The highest BCUT2D eigenvalue weighted by atomic mass is 14.4. The van der Waals surface area contributed by atoms with Crippen molar-refractivity contribution >= 4 is 32.3 Å². The predicted molar refractivity (Wildman–Crippen MR) is 218 cm³/mol. The van der Waals surface area contributed by atoms with E-state index in [0.717, 1.165) is 0 Å². The van der Waals surface area contributed by atoms with Crippen molar-refractivity contribution in [2.75, 3.05) is 0 Å². The third kappa shape index (κ3) is 4.60. The lowest BCUT2D eigenvalue weighted by Gasteiger charge is -2.23. The molecule has 0 saturated carbocycles. The standard InChI is InChI=1S/C51H36/c1-51(2)47-30-27-39(31-45(47)44-29-25-35-13-9-10-18-40(35)50(44)51)34-23-21-33(22-24-34)38-26-28-43-46(32-38)49(37-16-7-4-8-17-37)42-20-12-11-19-41(42)48(43)36-14-5-3-6-15-36/h3-32H,1-2H3. The van der Waals surface area contributed by atoms with Crippen molar-refractivity contribution in [1.82, 2.24) is 0 Å². The zero-order valence-electron chi connectivity index (χ0n) is 28.8. The normalized spacial score (nSPS) is 13.1. The van der Waals surface area contributed by atoms with E-state index in [0.29, 0.717) is 0 Å². The maximum Gasteiger partial charge on any atom is 0.0165 e. The Kier molecular flexibility index (Phi) is 6.63. The SMILES string of the molecule is CC1(C)c2ccc(-c3ccc(-c4ccc5c(-c6ccccc6)c6ccccc6c(-c6ccccc6)c5c4)cc3)cc2-c2ccc3ccccc3c21. The summed E-state index contributed by atoms with van der Waals surface area (Å²) in [5, 5.41) is 7.76. The van der Waals surface area contributed by atoms with Crippen LogP contribution in [0, 0.1) is 0 Å². The molecular weight excluding hydrogens is 613 g/mol. The second-order valence-corrected chi connectivity index (χ2v) is 14.5. The van der Waals surface area contributed by atoms with E-state index in [1.165, 1.54) is 99.1 Å². The van der Waals surface area contributed by atoms with Crippen LogP contribution in [0.25, 0.3) is 88.0 Å². The molecule has 0 amide bonds. The highest BCUT2D eigenvalue weighted by Gasteiger charge is 2.36. The second-order valence-electron chi connectivity index (χ2n) is 14.5. The summed E-state index contributed by atoms with van der Waals surface area (Å²) in [6.07, 6.45) is 0. The van der Waals surface area contributed by atoms with Gasteiger partial charge in [-0.3, -0.25) is 0 Å². The average molecular weight is 649 g/mol. The Bertz CT molecular complexity index is 2790. The lowest BCUT2D eigenvalue weighted by atomic mass is 9.80. The molecule has 9 aromatic rings. The minimum absolute atomic E-state index is 0.0473. The van der Waals surface area contributed by atoms with Crippen molar-refractivity contribution in [3.63, 3.8) is 0 Å². The molecule has 240 valence electrons. The summed E-state index contributed by atoms with van der Waals surface area (Å²) in [6.45, 7) is 4.74. The molecule has 0 aliphatic heterocycles. The Hall–Kier alpha value is -6.24. The Morgan fingerprint density at radius 3 is 1.45 bits per heavy atom. The molecule has 51 heavy (non-hydrogen) atoms. The molecule has 0 fully saturated rings. The molecule has 0 atom stereocenters. The second kappa shape index (κ2) is 11.4. The fraction of sp³-hybridized carbons (Fsp3) is 0.0588. The van der Waals surface area contributed by atoms with Crippen molar-refractivity contribution in [2.24, 2.45) is 0 Å². The van der Waals surface area contributed by atoms with E-state index in [1.54, 1.807) is 0 Å². The maximum absolute atomic E-state index is 2.41. The van der Waals surface area contributed by atoms with E-state index < -0.39 is 0 Å². The summed E-state index contributed by atoms with van der Waals surface area (Å²) in [5.74, 6) is 0. The van der Waals surface area contributed by atoms with Crippen LogP contribution < -0.4 is 0 Å². The van der Waals surface area contributed by atoms with Gasteiger partial charge in [0.25, 0.3) is 0 Å². The number of rotatable bonds is 4. The van der Waals surface area contributed by atoms with Gasteiger partial charge in [0.1, 0.15) is 0 Å². The molecule has 1 aliphatic rings. The molecule has 0 heterocycles. The van der Waals surface area contributed by atoms with Crippen LogP contribution in [0.5, 0.6) is 0 Å². The van der Waals surface area contributed by atoms with Gasteiger partial charge in [-0.05, 0) is 111 Å². The summed E-state index contributed by atoms with van der Waals surface area (Å²) >= 11 is 0. The summed E-state index contributed by atoms with van der Waals surface area (Å²) < 4.78 is 0. The first kappa shape index (κ1) is 29.7. The highest BCUT2D eigenvalue weighted by molar-refractivity contribution is 6.22. The third-order valence-electron chi connectivity index (χ3n) is 11.2. The lowest BCUT2D eigenvalue weighted by molar-refractivity contribution is 0.666. The van der Waals surface area contributed by atoms with Crippen LogP contribution in [-0.2, 0) is 5.41 Å². The molecular formula is C51H36. The van der Waals surface area contributed by atoms with Gasteiger partial charge >= 0.3 is 0 Å². The first-order valence-corrected chi connectivity index (χ1v) is 17.9. The number of benzene rings is 9. The summed E-state index contributed by atoms with van der Waals surface area (Å²) in [6, 6.07) is 67.3. The highest BCUT2D eigenvalue weighted by Crippen LogP contribution is 2.52. The van der Waals surface area contributed by atoms with Gasteiger partial charge in [-0.25, -0.2) is 0 Å². The minimum Gasteiger partial charge on any atom is -0.0622 e. The van der Waals surface area contributed by atoms with Gasteiger partial charge in [0.15, 0.2) is 0 Å². The third-order valence-corrected chi connectivity index (χ3v) is 11.2. The van der Waals surface area contributed by atoms with Crippen molar-refractivity contribution in [3.05, 3.63) is 193 Å². The first-order valence-electron chi connectivity index (χ1n) is 17.9. The van der Waals surface area contributed by atoms with Crippen LogP contribution in [0.15, 0.2) is 182 Å². The Morgan fingerprint density at radius 2 is 0.804 bits per heavy atom. The van der Waals surface area contributed by atoms with E-state index in [9.17, 15) is 0 Å². The minimum atomic E-state index is -0.0473. The largest absolute Gasteiger partial charge is 0.0622 e. The molecule has 0 aromatic heterocycles. The van der Waals surface area contributed by atoms with Gasteiger partial charge < -0.3 is 0 Å². The predicted octanol–water partition coefficient (Wildman–Crippen LogP) is 14.1. The molecule has 0 bridgehead atoms. The van der Waals surface area contributed by atoms with Crippen LogP contribution in [-0.4, -0.2) is 0 Å². The summed E-state index contributed by atoms with van der Waals surface area (Å²) in [5.41, 5.74) is 15.5. The molecule has 10 rings (SSSR count). The van der Waals surface area contributed by atoms with Gasteiger partial charge in [0.2, 0.25) is 0 Å². The average Bonchev–Trinajstić information content (AvgIpc) is 3.43. The smallest absolute Gasteiger partial charge is 0.0165 e. The molecule has 0 N–H and O–H groups in total. The summed E-state index contributed by atoms with van der Waals surface area (Å²) in [7, 11) is 0. The van der Waals surface area contributed by atoms with Gasteiger partial charge in [0, 0.05) is 5.41 Å². The molecule has 0 radical (unpaired) electrons.